The highest BCUT2D eigenvalue weighted by Gasteiger charge is 2.05. The average Bonchev–Trinajstić information content (AvgIpc) is 2.15. The van der Waals surface area contributed by atoms with Crippen LogP contribution < -0.4 is 5.32 Å². The van der Waals surface area contributed by atoms with Gasteiger partial charge < -0.3 is 15.0 Å². The van der Waals surface area contributed by atoms with Crippen LogP contribution >= 0.6 is 0 Å². The monoisotopic (exact) mass is 202 g/mol. The Hall–Kier alpha value is -0.120. The van der Waals surface area contributed by atoms with Crippen molar-refractivity contribution in [2.45, 2.75) is 20.8 Å². The van der Waals surface area contributed by atoms with Gasteiger partial charge in [-0.05, 0) is 33.0 Å². The van der Waals surface area contributed by atoms with Gasteiger partial charge in [0.1, 0.15) is 0 Å². The van der Waals surface area contributed by atoms with E-state index >= 15 is 0 Å². The van der Waals surface area contributed by atoms with Crippen molar-refractivity contribution in [2.75, 3.05) is 46.4 Å². The molecule has 1 N–H and O–H groups in total. The number of hydrogen-bond acceptors (Lipinski definition) is 3. The van der Waals surface area contributed by atoms with Crippen LogP contribution in [0.4, 0.5) is 0 Å². The molecule has 0 spiro atoms. The summed E-state index contributed by atoms with van der Waals surface area (Å²) in [6.07, 6.45) is 0. The second kappa shape index (κ2) is 9.44. The third-order valence-electron chi connectivity index (χ3n) is 2.19. The van der Waals surface area contributed by atoms with Crippen molar-refractivity contribution >= 4 is 0 Å². The molecule has 0 aliphatic carbocycles. The number of nitrogens with zero attached hydrogens (tertiary/aromatic N) is 1. The largest absolute Gasteiger partial charge is 0.380 e. The minimum Gasteiger partial charge on any atom is -0.380 e. The second-order valence-corrected chi connectivity index (χ2v) is 3.87. The summed E-state index contributed by atoms with van der Waals surface area (Å²) in [7, 11) is 2.15. The second-order valence-electron chi connectivity index (χ2n) is 3.87. The maximum Gasteiger partial charge on any atom is 0.0593 e. The van der Waals surface area contributed by atoms with Gasteiger partial charge in [-0.2, -0.15) is 0 Å². The van der Waals surface area contributed by atoms with Crippen LogP contribution in [0.1, 0.15) is 20.8 Å². The quantitative estimate of drug-likeness (QED) is 0.569. The van der Waals surface area contributed by atoms with Crippen LogP contribution in [0.5, 0.6) is 0 Å². The van der Waals surface area contributed by atoms with Gasteiger partial charge in [0, 0.05) is 19.7 Å². The Balaban J connectivity index is 3.35. The van der Waals surface area contributed by atoms with Gasteiger partial charge in [-0.15, -0.1) is 0 Å². The summed E-state index contributed by atoms with van der Waals surface area (Å²) in [5, 5.41) is 3.36. The lowest BCUT2D eigenvalue weighted by atomic mass is 10.1. The van der Waals surface area contributed by atoms with Crippen LogP contribution in [0.2, 0.25) is 0 Å². The molecule has 0 aromatic carbocycles. The molecule has 0 saturated carbocycles. The van der Waals surface area contributed by atoms with E-state index in [2.05, 4.69) is 31.1 Å². The van der Waals surface area contributed by atoms with E-state index in [0.29, 0.717) is 5.92 Å². The van der Waals surface area contributed by atoms with Crippen LogP contribution in [0.15, 0.2) is 0 Å². The summed E-state index contributed by atoms with van der Waals surface area (Å²) in [5.41, 5.74) is 0. The predicted molar refractivity (Wildman–Crippen MR) is 61.7 cm³/mol. The molecule has 0 aromatic rings. The molecule has 0 radical (unpaired) electrons. The molecule has 0 amide bonds. The highest BCUT2D eigenvalue weighted by Crippen LogP contribution is 1.96. The molecule has 0 bridgehead atoms. The van der Waals surface area contributed by atoms with Gasteiger partial charge in [0.25, 0.3) is 0 Å². The zero-order valence-electron chi connectivity index (χ0n) is 10.2. The Morgan fingerprint density at radius 1 is 1.36 bits per heavy atom. The molecule has 1 unspecified atom stereocenters. The van der Waals surface area contributed by atoms with Crippen molar-refractivity contribution in [3.63, 3.8) is 0 Å². The lowest BCUT2D eigenvalue weighted by molar-refractivity contribution is 0.117. The van der Waals surface area contributed by atoms with E-state index in [1.54, 1.807) is 0 Å². The Morgan fingerprint density at radius 3 is 2.64 bits per heavy atom. The number of nitrogens with one attached hydrogen (secondary N) is 1. The third-order valence-corrected chi connectivity index (χ3v) is 2.19. The molecule has 86 valence electrons. The van der Waals surface area contributed by atoms with Gasteiger partial charge in [-0.25, -0.2) is 0 Å². The number of hydrogen-bond donors (Lipinski definition) is 1. The topological polar surface area (TPSA) is 24.5 Å². The van der Waals surface area contributed by atoms with E-state index in [9.17, 15) is 0 Å². The highest BCUT2D eigenvalue weighted by atomic mass is 16.5. The minimum atomic E-state index is 0.710. The maximum absolute atomic E-state index is 5.31. The summed E-state index contributed by atoms with van der Waals surface area (Å²) in [6, 6.07) is 0. The molecule has 0 heterocycles. The van der Waals surface area contributed by atoms with Crippen molar-refractivity contribution in [3.8, 4) is 0 Å². The average molecular weight is 202 g/mol. The lowest BCUT2D eigenvalue weighted by Crippen LogP contribution is -2.32. The number of ether oxygens (including phenoxy) is 1. The molecule has 0 aromatic heterocycles. The van der Waals surface area contributed by atoms with Crippen LogP contribution in [0, 0.1) is 5.92 Å². The van der Waals surface area contributed by atoms with Crippen molar-refractivity contribution in [3.05, 3.63) is 0 Å². The standard InChI is InChI=1S/C11H26N2O/c1-5-12-9-11(3)10-13(4)7-8-14-6-2/h11-12H,5-10H2,1-4H3. The molecule has 0 rings (SSSR count). The van der Waals surface area contributed by atoms with Gasteiger partial charge in [-0.1, -0.05) is 13.8 Å². The zero-order chi connectivity index (χ0) is 10.8. The fourth-order valence-electron chi connectivity index (χ4n) is 1.44. The molecule has 0 aliphatic heterocycles. The third kappa shape index (κ3) is 8.48. The molecule has 0 saturated heterocycles. The Bertz CT molecular complexity index is 120. The van der Waals surface area contributed by atoms with Crippen LogP contribution in [0.25, 0.3) is 0 Å². The first-order valence-corrected chi connectivity index (χ1v) is 5.67. The van der Waals surface area contributed by atoms with E-state index in [0.717, 1.165) is 39.4 Å². The first kappa shape index (κ1) is 13.9. The Labute approximate surface area is 88.8 Å². The Morgan fingerprint density at radius 2 is 2.07 bits per heavy atom. The summed E-state index contributed by atoms with van der Waals surface area (Å²) in [5.74, 6) is 0.710. The molecule has 3 nitrogen and oxygen atoms in total. The fraction of sp³-hybridized carbons (Fsp3) is 1.00. The zero-order valence-corrected chi connectivity index (χ0v) is 10.2. The summed E-state index contributed by atoms with van der Waals surface area (Å²) in [6.45, 7) is 12.5. The van der Waals surface area contributed by atoms with Crippen LogP contribution in [-0.2, 0) is 4.74 Å². The summed E-state index contributed by atoms with van der Waals surface area (Å²) in [4.78, 5) is 2.33. The molecular weight excluding hydrogens is 176 g/mol. The first-order chi connectivity index (χ1) is 6.70. The highest BCUT2D eigenvalue weighted by molar-refractivity contribution is 4.61. The van der Waals surface area contributed by atoms with Crippen molar-refractivity contribution in [1.82, 2.24) is 10.2 Å². The van der Waals surface area contributed by atoms with Crippen LogP contribution in [0.3, 0.4) is 0 Å². The van der Waals surface area contributed by atoms with Crippen LogP contribution in [-0.4, -0.2) is 51.3 Å². The number of rotatable bonds is 9. The first-order valence-electron chi connectivity index (χ1n) is 5.67. The van der Waals surface area contributed by atoms with Gasteiger partial charge in [-0.3, -0.25) is 0 Å². The molecular formula is C11H26N2O. The van der Waals surface area contributed by atoms with Crippen molar-refractivity contribution in [2.24, 2.45) is 5.92 Å². The summed E-state index contributed by atoms with van der Waals surface area (Å²) < 4.78 is 5.31. The van der Waals surface area contributed by atoms with E-state index in [1.807, 2.05) is 6.92 Å². The Kier molecular flexibility index (Phi) is 9.35. The van der Waals surface area contributed by atoms with E-state index < -0.39 is 0 Å². The summed E-state index contributed by atoms with van der Waals surface area (Å²) >= 11 is 0. The van der Waals surface area contributed by atoms with Gasteiger partial charge in [0.2, 0.25) is 0 Å². The van der Waals surface area contributed by atoms with Gasteiger partial charge >= 0.3 is 0 Å². The molecule has 3 heteroatoms. The van der Waals surface area contributed by atoms with E-state index in [1.165, 1.54) is 0 Å². The SMILES string of the molecule is CCNCC(C)CN(C)CCOCC. The molecule has 0 aliphatic rings. The van der Waals surface area contributed by atoms with Crippen molar-refractivity contribution < 1.29 is 4.74 Å². The molecule has 1 atom stereocenters. The van der Waals surface area contributed by atoms with E-state index in [-0.39, 0.29) is 0 Å². The van der Waals surface area contributed by atoms with Crippen molar-refractivity contribution in [1.29, 1.82) is 0 Å². The molecule has 14 heavy (non-hydrogen) atoms. The van der Waals surface area contributed by atoms with Gasteiger partial charge in [0.05, 0.1) is 6.61 Å². The lowest BCUT2D eigenvalue weighted by Gasteiger charge is -2.21. The maximum atomic E-state index is 5.31. The normalized spacial score (nSPS) is 13.5. The minimum absolute atomic E-state index is 0.710. The predicted octanol–water partition coefficient (Wildman–Crippen LogP) is 1.20. The van der Waals surface area contributed by atoms with E-state index in [4.69, 9.17) is 4.74 Å². The van der Waals surface area contributed by atoms with Gasteiger partial charge in [0.15, 0.2) is 0 Å². The fourth-order valence-corrected chi connectivity index (χ4v) is 1.44. The number of likely N-dealkylation sites (N-methyl/N-ethyl adjacent to an activating group) is 1. The smallest absolute Gasteiger partial charge is 0.0593 e. The molecule has 0 fully saturated rings.